The Kier molecular flexibility index (Phi) is 7.05. The van der Waals surface area contributed by atoms with Crippen LogP contribution < -0.4 is 5.73 Å². The van der Waals surface area contributed by atoms with E-state index in [9.17, 15) is 48.3 Å². The SMILES string of the molecule is NCCSCCC(F)(F)CC(F)(F)C(F)(F)C(F)(F)C(F)(F)F. The molecule has 140 valence electrons. The molecular weight excluding hydrogens is 375 g/mol. The van der Waals surface area contributed by atoms with Crippen LogP contribution in [0, 0.1) is 0 Å². The number of halogens is 11. The summed E-state index contributed by atoms with van der Waals surface area (Å²) >= 11 is 0.758. The Balaban J connectivity index is 5.16. The predicted molar refractivity (Wildman–Crippen MR) is 61.5 cm³/mol. The molecule has 0 aromatic heterocycles. The summed E-state index contributed by atoms with van der Waals surface area (Å²) in [6.07, 6.45) is -11.6. The third-order valence-electron chi connectivity index (χ3n) is 2.56. The van der Waals surface area contributed by atoms with Crippen molar-refractivity contribution in [1.82, 2.24) is 0 Å². The highest BCUT2D eigenvalue weighted by Crippen LogP contribution is 2.55. The average molecular weight is 387 g/mol. The number of hydrogen-bond acceptors (Lipinski definition) is 2. The van der Waals surface area contributed by atoms with E-state index in [1.165, 1.54) is 0 Å². The third-order valence-corrected chi connectivity index (χ3v) is 3.58. The van der Waals surface area contributed by atoms with Crippen molar-refractivity contribution < 1.29 is 48.3 Å². The molecule has 2 N–H and O–H groups in total. The maximum absolute atomic E-state index is 13.2. The first-order valence-corrected chi connectivity index (χ1v) is 7.03. The number of nitrogens with two attached hydrogens (primary N) is 1. The molecule has 0 aliphatic rings. The van der Waals surface area contributed by atoms with E-state index in [2.05, 4.69) is 0 Å². The minimum Gasteiger partial charge on any atom is -0.330 e. The Morgan fingerprint density at radius 2 is 1.17 bits per heavy atom. The van der Waals surface area contributed by atoms with Gasteiger partial charge < -0.3 is 5.73 Å². The van der Waals surface area contributed by atoms with Crippen LogP contribution in [0.4, 0.5) is 48.3 Å². The summed E-state index contributed by atoms with van der Waals surface area (Å²) in [5.74, 6) is -25.4. The van der Waals surface area contributed by atoms with Crippen LogP contribution in [0.2, 0.25) is 0 Å². The Morgan fingerprint density at radius 1 is 0.696 bits per heavy atom. The van der Waals surface area contributed by atoms with Crippen LogP contribution in [0.1, 0.15) is 12.8 Å². The molecule has 13 heteroatoms. The van der Waals surface area contributed by atoms with E-state index in [0.717, 1.165) is 11.8 Å². The monoisotopic (exact) mass is 387 g/mol. The normalized spacial score (nSPS) is 15.1. The van der Waals surface area contributed by atoms with Crippen LogP contribution in [-0.4, -0.2) is 47.9 Å². The molecule has 0 saturated carbocycles. The number of rotatable bonds is 9. The molecule has 0 aliphatic heterocycles. The van der Waals surface area contributed by atoms with Crippen LogP contribution in [0.15, 0.2) is 0 Å². The Hall–Kier alpha value is -0.460. The van der Waals surface area contributed by atoms with Crippen molar-refractivity contribution in [2.24, 2.45) is 5.73 Å². The number of thioether (sulfide) groups is 1. The molecule has 0 aromatic carbocycles. The van der Waals surface area contributed by atoms with Crippen LogP contribution in [0.25, 0.3) is 0 Å². The first-order chi connectivity index (χ1) is 10.0. The highest BCUT2D eigenvalue weighted by atomic mass is 32.2. The van der Waals surface area contributed by atoms with E-state index in [1.807, 2.05) is 0 Å². The van der Waals surface area contributed by atoms with Crippen molar-refractivity contribution in [2.75, 3.05) is 18.1 Å². The fourth-order valence-corrected chi connectivity index (χ4v) is 2.15. The van der Waals surface area contributed by atoms with Crippen LogP contribution in [0.5, 0.6) is 0 Å². The van der Waals surface area contributed by atoms with Gasteiger partial charge in [0, 0.05) is 18.7 Å². The largest absolute Gasteiger partial charge is 0.460 e. The van der Waals surface area contributed by atoms with Gasteiger partial charge in [-0.1, -0.05) is 0 Å². The summed E-state index contributed by atoms with van der Waals surface area (Å²) in [7, 11) is 0. The van der Waals surface area contributed by atoms with Crippen molar-refractivity contribution in [3.8, 4) is 0 Å². The smallest absolute Gasteiger partial charge is 0.330 e. The summed E-state index contributed by atoms with van der Waals surface area (Å²) in [5.41, 5.74) is 5.01. The van der Waals surface area contributed by atoms with Gasteiger partial charge >= 0.3 is 23.9 Å². The minimum atomic E-state index is -7.16. The molecular formula is C10H12F11NS. The van der Waals surface area contributed by atoms with Crippen molar-refractivity contribution in [1.29, 1.82) is 0 Å². The van der Waals surface area contributed by atoms with Crippen molar-refractivity contribution in [3.05, 3.63) is 0 Å². The van der Waals surface area contributed by atoms with Gasteiger partial charge in [-0.05, 0) is 5.75 Å². The summed E-state index contributed by atoms with van der Waals surface area (Å²) < 4.78 is 139. The number of hydrogen-bond donors (Lipinski definition) is 1. The van der Waals surface area contributed by atoms with E-state index in [4.69, 9.17) is 5.73 Å². The zero-order valence-corrected chi connectivity index (χ0v) is 12.0. The standard InChI is InChI=1S/C10H12F11NS/c11-6(12,1-3-23-4-2-22)5-7(13,14)8(15,16)9(17,18)10(19,20)21/h1-5,22H2. The van der Waals surface area contributed by atoms with Gasteiger partial charge in [0.25, 0.3) is 5.92 Å². The zero-order valence-electron chi connectivity index (χ0n) is 11.2. The van der Waals surface area contributed by atoms with Gasteiger partial charge in [0.05, 0.1) is 6.42 Å². The van der Waals surface area contributed by atoms with Crippen molar-refractivity contribution in [2.45, 2.75) is 42.7 Å². The lowest BCUT2D eigenvalue weighted by Gasteiger charge is -2.35. The highest BCUT2D eigenvalue weighted by molar-refractivity contribution is 7.99. The molecule has 0 saturated heterocycles. The second-order valence-electron chi connectivity index (χ2n) is 4.53. The van der Waals surface area contributed by atoms with E-state index in [0.29, 0.717) is 0 Å². The molecule has 1 nitrogen and oxygen atoms in total. The van der Waals surface area contributed by atoms with Gasteiger partial charge in [-0.2, -0.15) is 51.3 Å². The molecule has 0 atom stereocenters. The Morgan fingerprint density at radius 3 is 1.57 bits per heavy atom. The van der Waals surface area contributed by atoms with Crippen LogP contribution in [0.3, 0.4) is 0 Å². The molecule has 0 heterocycles. The fourth-order valence-electron chi connectivity index (χ4n) is 1.34. The van der Waals surface area contributed by atoms with E-state index < -0.39 is 48.5 Å². The summed E-state index contributed by atoms with van der Waals surface area (Å²) in [6, 6.07) is 0. The van der Waals surface area contributed by atoms with Crippen LogP contribution >= 0.6 is 11.8 Å². The molecule has 0 fully saturated rings. The summed E-state index contributed by atoms with van der Waals surface area (Å²) in [4.78, 5) is 0. The summed E-state index contributed by atoms with van der Waals surface area (Å²) in [5, 5.41) is 0. The second kappa shape index (κ2) is 7.19. The molecule has 0 aromatic rings. The molecule has 0 aliphatic carbocycles. The summed E-state index contributed by atoms with van der Waals surface area (Å²) in [6.45, 7) is 0.0578. The number of alkyl halides is 11. The van der Waals surface area contributed by atoms with Gasteiger partial charge in [-0.15, -0.1) is 0 Å². The lowest BCUT2D eigenvalue weighted by atomic mass is 9.97. The van der Waals surface area contributed by atoms with Gasteiger partial charge in [0.15, 0.2) is 0 Å². The van der Waals surface area contributed by atoms with Crippen molar-refractivity contribution in [3.63, 3.8) is 0 Å². The van der Waals surface area contributed by atoms with Crippen LogP contribution in [-0.2, 0) is 0 Å². The molecule has 0 radical (unpaired) electrons. The molecule has 23 heavy (non-hydrogen) atoms. The maximum atomic E-state index is 13.2. The first-order valence-electron chi connectivity index (χ1n) is 5.88. The third kappa shape index (κ3) is 5.26. The van der Waals surface area contributed by atoms with Crippen molar-refractivity contribution >= 4 is 11.8 Å². The second-order valence-corrected chi connectivity index (χ2v) is 5.76. The molecule has 0 amide bonds. The van der Waals surface area contributed by atoms with E-state index in [-0.39, 0.29) is 12.3 Å². The molecule has 0 bridgehead atoms. The van der Waals surface area contributed by atoms with E-state index in [1.54, 1.807) is 0 Å². The van der Waals surface area contributed by atoms with Gasteiger partial charge in [-0.25, -0.2) is 8.78 Å². The maximum Gasteiger partial charge on any atom is 0.460 e. The van der Waals surface area contributed by atoms with Gasteiger partial charge in [0.1, 0.15) is 0 Å². The topological polar surface area (TPSA) is 26.0 Å². The Labute approximate surface area is 127 Å². The zero-order chi connectivity index (χ0) is 18.7. The quantitative estimate of drug-likeness (QED) is 0.464. The van der Waals surface area contributed by atoms with Gasteiger partial charge in [-0.3, -0.25) is 0 Å². The van der Waals surface area contributed by atoms with Gasteiger partial charge in [0.2, 0.25) is 0 Å². The fraction of sp³-hybridized carbons (Fsp3) is 1.00. The van der Waals surface area contributed by atoms with E-state index >= 15 is 0 Å². The minimum absolute atomic E-state index is 0.0578. The molecule has 0 spiro atoms. The lowest BCUT2D eigenvalue weighted by Crippen LogP contribution is -2.61. The lowest BCUT2D eigenvalue weighted by molar-refractivity contribution is -0.400. The first kappa shape index (κ1) is 22.5. The highest BCUT2D eigenvalue weighted by Gasteiger charge is 2.82. The predicted octanol–water partition coefficient (Wildman–Crippen LogP) is 4.56. The average Bonchev–Trinajstić information content (AvgIpc) is 2.31. The Bertz CT molecular complexity index is 379. The molecule has 0 rings (SSSR count). The molecule has 0 unspecified atom stereocenters.